The van der Waals surface area contributed by atoms with E-state index in [0.29, 0.717) is 11.8 Å². The topological polar surface area (TPSA) is 40.5 Å². The average Bonchev–Trinajstić information content (AvgIpc) is 2.33. The SMILES string of the molecule is C=C1CC[C@H]2C(C)(C)[C@@H](O)CC[C@]2(C)[C@H]1CCC(C)O. The summed E-state index contributed by atoms with van der Waals surface area (Å²) < 4.78 is 0. The minimum Gasteiger partial charge on any atom is -0.393 e. The maximum Gasteiger partial charge on any atom is 0.0594 e. The number of hydrogen-bond donors (Lipinski definition) is 2. The van der Waals surface area contributed by atoms with Crippen molar-refractivity contribution in [2.24, 2.45) is 22.7 Å². The van der Waals surface area contributed by atoms with E-state index in [0.717, 1.165) is 38.5 Å². The Bertz CT molecular complexity index is 372. The molecule has 0 bridgehead atoms. The van der Waals surface area contributed by atoms with Gasteiger partial charge in [-0.1, -0.05) is 32.9 Å². The molecule has 116 valence electrons. The van der Waals surface area contributed by atoms with E-state index in [9.17, 15) is 10.2 Å². The molecular formula is C18H32O2. The Balaban J connectivity index is 2.26. The zero-order chi connectivity index (χ0) is 15.1. The lowest BCUT2D eigenvalue weighted by atomic mass is 9.46. The molecule has 0 aromatic rings. The lowest BCUT2D eigenvalue weighted by Gasteiger charge is -2.59. The van der Waals surface area contributed by atoms with E-state index < -0.39 is 0 Å². The van der Waals surface area contributed by atoms with Crippen LogP contribution in [0.5, 0.6) is 0 Å². The second-order valence-electron chi connectivity index (χ2n) is 8.11. The zero-order valence-corrected chi connectivity index (χ0v) is 13.7. The van der Waals surface area contributed by atoms with Crippen LogP contribution < -0.4 is 0 Å². The van der Waals surface area contributed by atoms with Crippen LogP contribution >= 0.6 is 0 Å². The highest BCUT2D eigenvalue weighted by Crippen LogP contribution is 2.61. The fourth-order valence-corrected chi connectivity index (χ4v) is 5.11. The molecular weight excluding hydrogens is 248 g/mol. The van der Waals surface area contributed by atoms with Gasteiger partial charge in [0.05, 0.1) is 12.2 Å². The molecule has 0 aliphatic heterocycles. The van der Waals surface area contributed by atoms with Gasteiger partial charge in [-0.25, -0.2) is 0 Å². The van der Waals surface area contributed by atoms with Crippen LogP contribution in [0.4, 0.5) is 0 Å². The van der Waals surface area contributed by atoms with Crippen LogP contribution in [0.2, 0.25) is 0 Å². The summed E-state index contributed by atoms with van der Waals surface area (Å²) in [7, 11) is 0. The van der Waals surface area contributed by atoms with E-state index in [4.69, 9.17) is 0 Å². The lowest BCUT2D eigenvalue weighted by molar-refractivity contribution is -0.125. The third-order valence-electron chi connectivity index (χ3n) is 6.43. The quantitative estimate of drug-likeness (QED) is 0.769. The molecule has 2 nitrogen and oxygen atoms in total. The number of hydrogen-bond acceptors (Lipinski definition) is 2. The van der Waals surface area contributed by atoms with Crippen molar-refractivity contribution in [3.63, 3.8) is 0 Å². The van der Waals surface area contributed by atoms with Crippen molar-refractivity contribution in [1.82, 2.24) is 0 Å². The Morgan fingerprint density at radius 3 is 2.55 bits per heavy atom. The van der Waals surface area contributed by atoms with Gasteiger partial charge in [0, 0.05) is 0 Å². The molecule has 0 heterocycles. The Labute approximate surface area is 124 Å². The Hall–Kier alpha value is -0.340. The largest absolute Gasteiger partial charge is 0.393 e. The Morgan fingerprint density at radius 2 is 1.95 bits per heavy atom. The summed E-state index contributed by atoms with van der Waals surface area (Å²) in [5, 5.41) is 20.0. The summed E-state index contributed by atoms with van der Waals surface area (Å²) in [6.45, 7) is 13.1. The summed E-state index contributed by atoms with van der Waals surface area (Å²) in [5.41, 5.74) is 1.61. The molecule has 2 heteroatoms. The van der Waals surface area contributed by atoms with Crippen LogP contribution in [-0.2, 0) is 0 Å². The summed E-state index contributed by atoms with van der Waals surface area (Å²) in [6, 6.07) is 0. The summed E-state index contributed by atoms with van der Waals surface area (Å²) in [6.07, 6.45) is 5.72. The maximum atomic E-state index is 10.4. The number of allylic oxidation sites excluding steroid dienone is 1. The van der Waals surface area contributed by atoms with Crippen molar-refractivity contribution in [3.05, 3.63) is 12.2 Å². The van der Waals surface area contributed by atoms with E-state index in [1.165, 1.54) is 5.57 Å². The van der Waals surface area contributed by atoms with Gasteiger partial charge in [-0.15, -0.1) is 0 Å². The first-order valence-corrected chi connectivity index (χ1v) is 8.23. The summed E-state index contributed by atoms with van der Waals surface area (Å²) >= 11 is 0. The third kappa shape index (κ3) is 2.57. The molecule has 2 saturated carbocycles. The van der Waals surface area contributed by atoms with Crippen LogP contribution in [0.25, 0.3) is 0 Å². The van der Waals surface area contributed by atoms with Gasteiger partial charge in [0.15, 0.2) is 0 Å². The van der Waals surface area contributed by atoms with Crippen molar-refractivity contribution in [2.75, 3.05) is 0 Å². The molecule has 0 aromatic carbocycles. The van der Waals surface area contributed by atoms with E-state index in [1.807, 2.05) is 6.92 Å². The molecule has 0 spiro atoms. The molecule has 2 aliphatic rings. The van der Waals surface area contributed by atoms with E-state index in [2.05, 4.69) is 27.4 Å². The molecule has 0 amide bonds. The van der Waals surface area contributed by atoms with Gasteiger partial charge in [0.2, 0.25) is 0 Å². The van der Waals surface area contributed by atoms with Crippen LogP contribution in [-0.4, -0.2) is 22.4 Å². The highest BCUT2D eigenvalue weighted by molar-refractivity contribution is 5.16. The van der Waals surface area contributed by atoms with Crippen molar-refractivity contribution >= 4 is 0 Å². The molecule has 2 fully saturated rings. The molecule has 2 rings (SSSR count). The first-order chi connectivity index (χ1) is 9.19. The van der Waals surface area contributed by atoms with Crippen LogP contribution in [0.15, 0.2) is 12.2 Å². The standard InChI is InChI=1S/C18H32O2/c1-12-6-9-15-17(3,4)16(20)10-11-18(15,5)14(12)8-7-13(2)19/h13-16,19-20H,1,6-11H2,2-5H3/t13?,14-,15-,16-,18+/m0/s1. The molecule has 0 saturated heterocycles. The predicted molar refractivity (Wildman–Crippen MR) is 83.4 cm³/mol. The van der Waals surface area contributed by atoms with Crippen LogP contribution in [0, 0.1) is 22.7 Å². The monoisotopic (exact) mass is 280 g/mol. The van der Waals surface area contributed by atoms with E-state index >= 15 is 0 Å². The van der Waals surface area contributed by atoms with Gasteiger partial charge in [0.25, 0.3) is 0 Å². The average molecular weight is 280 g/mol. The van der Waals surface area contributed by atoms with E-state index in [1.54, 1.807) is 0 Å². The van der Waals surface area contributed by atoms with Crippen molar-refractivity contribution < 1.29 is 10.2 Å². The van der Waals surface area contributed by atoms with Gasteiger partial charge in [-0.2, -0.15) is 0 Å². The summed E-state index contributed by atoms with van der Waals surface area (Å²) in [5.74, 6) is 1.06. The van der Waals surface area contributed by atoms with Crippen molar-refractivity contribution in [1.29, 1.82) is 0 Å². The van der Waals surface area contributed by atoms with Gasteiger partial charge in [0.1, 0.15) is 0 Å². The van der Waals surface area contributed by atoms with Gasteiger partial charge >= 0.3 is 0 Å². The highest BCUT2D eigenvalue weighted by atomic mass is 16.3. The van der Waals surface area contributed by atoms with Crippen LogP contribution in [0.1, 0.15) is 66.2 Å². The second-order valence-corrected chi connectivity index (χ2v) is 8.11. The fraction of sp³-hybridized carbons (Fsp3) is 0.889. The lowest BCUT2D eigenvalue weighted by Crippen LogP contribution is -2.54. The minimum atomic E-state index is -0.228. The molecule has 2 aliphatic carbocycles. The Kier molecular flexibility index (Phi) is 4.37. The fourth-order valence-electron chi connectivity index (χ4n) is 5.11. The highest BCUT2D eigenvalue weighted by Gasteiger charge is 2.55. The Morgan fingerprint density at radius 1 is 1.30 bits per heavy atom. The number of aliphatic hydroxyl groups excluding tert-OH is 2. The molecule has 0 aromatic heterocycles. The van der Waals surface area contributed by atoms with Crippen LogP contribution in [0.3, 0.4) is 0 Å². The maximum absolute atomic E-state index is 10.4. The number of rotatable bonds is 3. The molecule has 0 radical (unpaired) electrons. The third-order valence-corrected chi connectivity index (χ3v) is 6.43. The minimum absolute atomic E-state index is 0.00319. The normalized spacial score (nSPS) is 42.1. The number of fused-ring (bicyclic) bond motifs is 1. The predicted octanol–water partition coefficient (Wildman–Crippen LogP) is 3.92. The molecule has 1 unspecified atom stereocenters. The van der Waals surface area contributed by atoms with Gasteiger partial charge in [-0.3, -0.25) is 0 Å². The van der Waals surface area contributed by atoms with E-state index in [-0.39, 0.29) is 23.0 Å². The van der Waals surface area contributed by atoms with Gasteiger partial charge in [-0.05, 0) is 68.1 Å². The number of aliphatic hydroxyl groups is 2. The second kappa shape index (κ2) is 5.46. The van der Waals surface area contributed by atoms with Crippen molar-refractivity contribution in [3.8, 4) is 0 Å². The molecule has 5 atom stereocenters. The van der Waals surface area contributed by atoms with Gasteiger partial charge < -0.3 is 10.2 Å². The smallest absolute Gasteiger partial charge is 0.0594 e. The first-order valence-electron chi connectivity index (χ1n) is 8.23. The molecule has 20 heavy (non-hydrogen) atoms. The first kappa shape index (κ1) is 16.0. The van der Waals surface area contributed by atoms with Crippen molar-refractivity contribution in [2.45, 2.75) is 78.4 Å². The summed E-state index contributed by atoms with van der Waals surface area (Å²) in [4.78, 5) is 0. The zero-order valence-electron chi connectivity index (χ0n) is 13.7. The molecule has 2 N–H and O–H groups in total.